The summed E-state index contributed by atoms with van der Waals surface area (Å²) in [5, 5.41) is 27.0. The number of rotatable bonds is 8. The standard InChI is InChI=1S/C16H17N7O5S3/c17-6-19-2-1-3-29-8-5-30-14-10(13(25)23(14)11(8)15(26)27)21-12(24)9(22-28)7-4-31-16(18)20-7/h1,3-4,6,10,14,28H,2,5H2,(H2,17,19)(H2,18,20)(H,21,24)(H,26,27)/b3-1+,22-9-/t10?,14-/m1/s1. The van der Waals surface area contributed by atoms with E-state index < -0.39 is 34.9 Å². The number of hydrogen-bond acceptors (Lipinski definition) is 11. The fourth-order valence-corrected chi connectivity index (χ4v) is 5.66. The number of nitrogens with one attached hydrogen (secondary N) is 1. The number of β-lactam (4-membered cyclic amide) rings is 1. The molecule has 0 radical (unpaired) electrons. The fraction of sp³-hybridized carbons (Fsp3) is 0.250. The summed E-state index contributed by atoms with van der Waals surface area (Å²) in [5.41, 5.74) is 10.2. The molecule has 1 saturated heterocycles. The zero-order valence-electron chi connectivity index (χ0n) is 15.7. The number of carboxylic acid groups (broad SMARTS) is 1. The number of aromatic nitrogens is 1. The first kappa shape index (κ1) is 22.6. The molecule has 2 aliphatic rings. The molecule has 164 valence electrons. The van der Waals surface area contributed by atoms with Crippen LogP contribution in [-0.2, 0) is 14.4 Å². The van der Waals surface area contributed by atoms with E-state index in [2.05, 4.69) is 20.4 Å². The number of oxime groups is 1. The smallest absolute Gasteiger partial charge is 0.353 e. The Morgan fingerprint density at radius 2 is 2.26 bits per heavy atom. The number of nitrogens with zero attached hydrogens (tertiary/aromatic N) is 4. The van der Waals surface area contributed by atoms with Crippen molar-refractivity contribution in [1.82, 2.24) is 15.2 Å². The van der Waals surface area contributed by atoms with Crippen molar-refractivity contribution in [3.8, 4) is 0 Å². The fourth-order valence-electron chi connectivity index (χ4n) is 2.80. The number of aliphatic carboxylic acids is 1. The van der Waals surface area contributed by atoms with E-state index in [1.807, 2.05) is 0 Å². The van der Waals surface area contributed by atoms with E-state index in [-0.39, 0.29) is 16.5 Å². The summed E-state index contributed by atoms with van der Waals surface area (Å²) in [6.07, 6.45) is 2.88. The van der Waals surface area contributed by atoms with Crippen LogP contribution in [0.1, 0.15) is 5.69 Å². The minimum atomic E-state index is -1.24. The van der Waals surface area contributed by atoms with Gasteiger partial charge in [0.2, 0.25) is 0 Å². The molecule has 3 heterocycles. The molecule has 1 aromatic heterocycles. The molecule has 15 heteroatoms. The molecule has 1 unspecified atom stereocenters. The second kappa shape index (κ2) is 9.84. The monoisotopic (exact) mass is 483 g/mol. The zero-order chi connectivity index (χ0) is 22.5. The highest BCUT2D eigenvalue weighted by molar-refractivity contribution is 8.08. The number of nitrogen functional groups attached to an aromatic ring is 1. The molecule has 1 aromatic rings. The van der Waals surface area contributed by atoms with Crippen molar-refractivity contribution < 1.29 is 24.7 Å². The summed E-state index contributed by atoms with van der Waals surface area (Å²) < 4.78 is 0. The van der Waals surface area contributed by atoms with Crippen LogP contribution in [-0.4, -0.2) is 73.7 Å². The van der Waals surface area contributed by atoms with Gasteiger partial charge in [0.1, 0.15) is 22.8 Å². The maximum atomic E-state index is 12.7. The first-order chi connectivity index (χ1) is 14.9. The molecule has 0 aliphatic carbocycles. The van der Waals surface area contributed by atoms with Crippen molar-refractivity contribution in [3.63, 3.8) is 0 Å². The molecule has 2 amide bonds. The van der Waals surface area contributed by atoms with Gasteiger partial charge in [0, 0.05) is 16.0 Å². The Bertz CT molecular complexity index is 1020. The highest BCUT2D eigenvalue weighted by atomic mass is 32.2. The Balaban J connectivity index is 1.72. The molecule has 2 atom stereocenters. The van der Waals surface area contributed by atoms with Crippen molar-refractivity contribution in [3.05, 3.63) is 33.2 Å². The number of aliphatic imine (C=N–C) groups is 1. The minimum absolute atomic E-state index is 0.0676. The number of amides is 2. The van der Waals surface area contributed by atoms with Crippen LogP contribution in [0.2, 0.25) is 0 Å². The van der Waals surface area contributed by atoms with Crippen molar-refractivity contribution in [2.45, 2.75) is 11.4 Å². The predicted molar refractivity (Wildman–Crippen MR) is 119 cm³/mol. The Morgan fingerprint density at radius 1 is 1.48 bits per heavy atom. The molecule has 7 N–H and O–H groups in total. The number of thioether (sulfide) groups is 2. The molecular weight excluding hydrogens is 466 g/mol. The lowest BCUT2D eigenvalue weighted by molar-refractivity contribution is -0.150. The lowest BCUT2D eigenvalue weighted by atomic mass is 10.0. The van der Waals surface area contributed by atoms with Crippen LogP contribution < -0.4 is 16.8 Å². The van der Waals surface area contributed by atoms with Gasteiger partial charge in [-0.1, -0.05) is 23.0 Å². The minimum Gasteiger partial charge on any atom is -0.477 e. The summed E-state index contributed by atoms with van der Waals surface area (Å²) in [5.74, 6) is -2.31. The summed E-state index contributed by atoms with van der Waals surface area (Å²) in [4.78, 5) is 46.3. The van der Waals surface area contributed by atoms with Crippen LogP contribution >= 0.6 is 34.9 Å². The van der Waals surface area contributed by atoms with Crippen molar-refractivity contribution in [1.29, 1.82) is 0 Å². The van der Waals surface area contributed by atoms with Crippen LogP contribution in [0.5, 0.6) is 0 Å². The Kier molecular flexibility index (Phi) is 7.19. The second-order valence-corrected chi connectivity index (χ2v) is 8.96. The quantitative estimate of drug-likeness (QED) is 0.109. The number of fused-ring (bicyclic) bond motifs is 1. The van der Waals surface area contributed by atoms with Crippen LogP contribution in [0, 0.1) is 0 Å². The van der Waals surface area contributed by atoms with E-state index >= 15 is 0 Å². The maximum Gasteiger partial charge on any atom is 0.353 e. The average Bonchev–Trinajstić information content (AvgIpc) is 3.17. The summed E-state index contributed by atoms with van der Waals surface area (Å²) in [6.45, 7) is 0.352. The molecular formula is C16H17N7O5S3. The van der Waals surface area contributed by atoms with Crippen molar-refractivity contribution in [2.75, 3.05) is 18.0 Å². The van der Waals surface area contributed by atoms with Gasteiger partial charge in [-0.2, -0.15) is 0 Å². The van der Waals surface area contributed by atoms with Gasteiger partial charge in [-0.3, -0.25) is 19.5 Å². The summed E-state index contributed by atoms with van der Waals surface area (Å²) >= 11 is 3.55. The van der Waals surface area contributed by atoms with Crippen LogP contribution in [0.25, 0.3) is 0 Å². The largest absolute Gasteiger partial charge is 0.477 e. The third kappa shape index (κ3) is 4.67. The molecule has 3 rings (SSSR count). The van der Waals surface area contributed by atoms with E-state index in [1.165, 1.54) is 35.2 Å². The third-order valence-electron chi connectivity index (χ3n) is 4.12. The van der Waals surface area contributed by atoms with E-state index in [4.69, 9.17) is 11.5 Å². The maximum absolute atomic E-state index is 12.7. The van der Waals surface area contributed by atoms with Gasteiger partial charge in [-0.25, -0.2) is 9.78 Å². The van der Waals surface area contributed by atoms with Gasteiger partial charge in [-0.05, 0) is 5.41 Å². The predicted octanol–water partition coefficient (Wildman–Crippen LogP) is -0.166. The van der Waals surface area contributed by atoms with E-state index in [0.29, 0.717) is 17.2 Å². The van der Waals surface area contributed by atoms with E-state index in [9.17, 15) is 24.7 Å². The molecule has 31 heavy (non-hydrogen) atoms. The van der Waals surface area contributed by atoms with Crippen LogP contribution in [0.4, 0.5) is 5.13 Å². The SMILES string of the molecule is NC=NC/C=C/SC1=C(C(=O)O)N2C(=O)C(NC(=O)/C(=N\O)c3csc(N)n3)[C@H]2SC1. The molecule has 1 fully saturated rings. The zero-order valence-corrected chi connectivity index (χ0v) is 18.1. The number of carboxylic acids is 1. The molecule has 12 nitrogen and oxygen atoms in total. The normalized spacial score (nSPS) is 21.5. The molecule has 0 aromatic carbocycles. The van der Waals surface area contributed by atoms with E-state index in [0.717, 1.165) is 16.2 Å². The summed E-state index contributed by atoms with van der Waals surface area (Å²) in [6, 6.07) is -0.972. The Morgan fingerprint density at radius 3 is 2.87 bits per heavy atom. The van der Waals surface area contributed by atoms with E-state index in [1.54, 1.807) is 11.5 Å². The van der Waals surface area contributed by atoms with Crippen LogP contribution in [0.3, 0.4) is 0 Å². The van der Waals surface area contributed by atoms with Crippen molar-refractivity contribution >= 4 is 69.8 Å². The number of thiazole rings is 1. The van der Waals surface area contributed by atoms with Gasteiger partial charge < -0.3 is 27.1 Å². The summed E-state index contributed by atoms with van der Waals surface area (Å²) in [7, 11) is 0. The van der Waals surface area contributed by atoms with Gasteiger partial charge in [-0.15, -0.1) is 23.1 Å². The highest BCUT2D eigenvalue weighted by Gasteiger charge is 2.54. The number of carbonyl (C=O) groups is 3. The number of anilines is 1. The Labute approximate surface area is 188 Å². The molecule has 2 aliphatic heterocycles. The first-order valence-electron chi connectivity index (χ1n) is 8.56. The van der Waals surface area contributed by atoms with Gasteiger partial charge in [0.15, 0.2) is 10.8 Å². The average molecular weight is 484 g/mol. The van der Waals surface area contributed by atoms with Crippen molar-refractivity contribution in [2.24, 2.45) is 15.9 Å². The van der Waals surface area contributed by atoms with Gasteiger partial charge >= 0.3 is 5.97 Å². The number of hydrogen-bond donors (Lipinski definition) is 5. The van der Waals surface area contributed by atoms with Gasteiger partial charge in [0.05, 0.1) is 12.9 Å². The topological polar surface area (TPSA) is 197 Å². The molecule has 0 spiro atoms. The highest BCUT2D eigenvalue weighted by Crippen LogP contribution is 2.43. The number of nitrogens with two attached hydrogens (primary N) is 2. The lowest BCUT2D eigenvalue weighted by Gasteiger charge is -2.49. The third-order valence-corrected chi connectivity index (χ3v) is 7.21. The first-order valence-corrected chi connectivity index (χ1v) is 11.4. The Hall–Kier alpha value is -3.04. The van der Waals surface area contributed by atoms with Crippen LogP contribution in [0.15, 0.2) is 37.6 Å². The molecule has 0 bridgehead atoms. The van der Waals surface area contributed by atoms with Gasteiger partial charge in [0.25, 0.3) is 11.8 Å². The number of carbonyl (C=O) groups excluding carboxylic acids is 2. The molecule has 0 saturated carbocycles. The lowest BCUT2D eigenvalue weighted by Crippen LogP contribution is -2.71. The second-order valence-electron chi connectivity index (χ2n) is 5.96.